The van der Waals surface area contributed by atoms with Crippen molar-refractivity contribution in [2.75, 3.05) is 13.1 Å². The predicted molar refractivity (Wildman–Crippen MR) is 124 cm³/mol. The minimum Gasteiger partial charge on any atom is -0.273 e. The molecule has 1 aliphatic heterocycles. The molecule has 0 unspecified atom stereocenters. The molecule has 4 saturated carbocycles. The Balaban J connectivity index is 1.14. The number of carbonyl (C=O) groups excluding carboxylic acids is 2. The van der Waals surface area contributed by atoms with E-state index in [4.69, 9.17) is 0 Å². The number of benzene rings is 1. The van der Waals surface area contributed by atoms with E-state index in [1.807, 2.05) is 19.9 Å². The Morgan fingerprint density at radius 2 is 1.48 bits per heavy atom. The van der Waals surface area contributed by atoms with E-state index in [2.05, 4.69) is 10.9 Å². The van der Waals surface area contributed by atoms with Gasteiger partial charge < -0.3 is 0 Å². The SMILES string of the molecule is Cc1ccc(S(=O)(=O)N2CCC(C(=O)NNC(=O)C34CC5CC(CC(C5)C3)C4)CC2)cc1C. The van der Waals surface area contributed by atoms with Crippen molar-refractivity contribution in [1.82, 2.24) is 15.2 Å². The summed E-state index contributed by atoms with van der Waals surface area (Å²) >= 11 is 0. The van der Waals surface area contributed by atoms with E-state index in [1.54, 1.807) is 12.1 Å². The molecule has 0 aromatic heterocycles. The molecule has 0 radical (unpaired) electrons. The van der Waals surface area contributed by atoms with Gasteiger partial charge in [-0.1, -0.05) is 6.07 Å². The molecule has 2 amide bonds. The number of piperidine rings is 1. The lowest BCUT2D eigenvalue weighted by molar-refractivity contribution is -0.149. The van der Waals surface area contributed by atoms with Crippen LogP contribution in [0.1, 0.15) is 62.5 Å². The molecule has 4 aliphatic carbocycles. The molecule has 0 atom stereocenters. The average molecular weight is 474 g/mol. The van der Waals surface area contributed by atoms with E-state index < -0.39 is 10.0 Å². The second-order valence-corrected chi connectivity index (χ2v) is 13.0. The van der Waals surface area contributed by atoms with Gasteiger partial charge in [0.05, 0.1) is 10.3 Å². The lowest BCUT2D eigenvalue weighted by Crippen LogP contribution is -2.57. The minimum absolute atomic E-state index is 0.0234. The molecule has 1 heterocycles. The smallest absolute Gasteiger partial charge is 0.244 e. The molecule has 6 rings (SSSR count). The van der Waals surface area contributed by atoms with Crippen molar-refractivity contribution >= 4 is 21.8 Å². The molecule has 8 heteroatoms. The van der Waals surface area contributed by atoms with E-state index in [1.165, 1.54) is 23.6 Å². The summed E-state index contributed by atoms with van der Waals surface area (Å²) in [5, 5.41) is 0. The number of amides is 2. The first-order valence-electron chi connectivity index (χ1n) is 12.3. The highest BCUT2D eigenvalue weighted by molar-refractivity contribution is 7.89. The molecule has 5 aliphatic rings. The first-order valence-corrected chi connectivity index (χ1v) is 13.8. The predicted octanol–water partition coefficient (Wildman–Crippen LogP) is 3.07. The van der Waals surface area contributed by atoms with Crippen molar-refractivity contribution in [1.29, 1.82) is 0 Å². The van der Waals surface area contributed by atoms with Crippen molar-refractivity contribution in [3.05, 3.63) is 29.3 Å². The number of hydrazine groups is 1. The summed E-state index contributed by atoms with van der Waals surface area (Å²) in [6.07, 6.45) is 7.56. The number of hydrogen-bond acceptors (Lipinski definition) is 4. The fourth-order valence-corrected chi connectivity index (χ4v) is 8.68. The first kappa shape index (κ1) is 22.8. The Morgan fingerprint density at radius 3 is 2.03 bits per heavy atom. The molecule has 33 heavy (non-hydrogen) atoms. The highest BCUT2D eigenvalue weighted by atomic mass is 32.2. The summed E-state index contributed by atoms with van der Waals surface area (Å²) in [5.74, 6) is 1.47. The van der Waals surface area contributed by atoms with E-state index in [9.17, 15) is 18.0 Å². The largest absolute Gasteiger partial charge is 0.273 e. The summed E-state index contributed by atoms with van der Waals surface area (Å²) in [6, 6.07) is 5.19. The summed E-state index contributed by atoms with van der Waals surface area (Å²) in [7, 11) is -3.57. The average Bonchev–Trinajstić information content (AvgIpc) is 2.78. The number of nitrogens with one attached hydrogen (secondary N) is 2. The van der Waals surface area contributed by atoms with E-state index >= 15 is 0 Å². The third kappa shape index (κ3) is 4.20. The van der Waals surface area contributed by atoms with Gasteiger partial charge in [0.1, 0.15) is 0 Å². The highest BCUT2D eigenvalue weighted by Crippen LogP contribution is 2.60. The number of nitrogens with zero attached hydrogens (tertiary/aromatic N) is 1. The van der Waals surface area contributed by atoms with Gasteiger partial charge >= 0.3 is 0 Å². The lowest BCUT2D eigenvalue weighted by atomic mass is 9.49. The molecule has 1 saturated heterocycles. The fourth-order valence-electron chi connectivity index (χ4n) is 7.12. The Kier molecular flexibility index (Phi) is 5.80. The van der Waals surface area contributed by atoms with E-state index in [0.29, 0.717) is 48.6 Å². The second-order valence-electron chi connectivity index (χ2n) is 11.1. The maximum atomic E-state index is 13.1. The van der Waals surface area contributed by atoms with Crippen molar-refractivity contribution in [3.8, 4) is 0 Å². The number of carbonyl (C=O) groups is 2. The topological polar surface area (TPSA) is 95.6 Å². The minimum atomic E-state index is -3.57. The van der Waals surface area contributed by atoms with Crippen LogP contribution in [0.15, 0.2) is 23.1 Å². The summed E-state index contributed by atoms with van der Waals surface area (Å²) in [4.78, 5) is 26.1. The molecule has 0 spiro atoms. The van der Waals surface area contributed by atoms with Crippen LogP contribution in [0.5, 0.6) is 0 Å². The standard InChI is InChI=1S/C25H35N3O4S/c1-16-3-4-22(9-17(16)2)33(31,32)28-7-5-21(6-8-28)23(29)26-27-24(30)25-13-18-10-19(14-25)12-20(11-18)15-25/h3-4,9,18-21H,5-8,10-15H2,1-2H3,(H,26,29)(H,27,30). The van der Waals surface area contributed by atoms with Gasteiger partial charge in [0, 0.05) is 19.0 Å². The molecule has 5 fully saturated rings. The third-order valence-electron chi connectivity index (χ3n) is 8.76. The zero-order valence-corrected chi connectivity index (χ0v) is 20.4. The summed E-state index contributed by atoms with van der Waals surface area (Å²) < 4.78 is 27.5. The van der Waals surface area contributed by atoms with Crippen LogP contribution in [0.2, 0.25) is 0 Å². The molecule has 2 N–H and O–H groups in total. The zero-order valence-electron chi connectivity index (χ0n) is 19.6. The van der Waals surface area contributed by atoms with Gasteiger partial charge in [-0.2, -0.15) is 4.31 Å². The Morgan fingerprint density at radius 1 is 0.909 bits per heavy atom. The molecule has 4 bridgehead atoms. The molecule has 1 aromatic rings. The van der Waals surface area contributed by atoms with Crippen LogP contribution >= 0.6 is 0 Å². The quantitative estimate of drug-likeness (QED) is 0.657. The molecular formula is C25H35N3O4S. The Bertz CT molecular complexity index is 1020. The van der Waals surface area contributed by atoms with Crippen LogP contribution in [0.4, 0.5) is 0 Å². The van der Waals surface area contributed by atoms with Crippen molar-refractivity contribution in [2.24, 2.45) is 29.1 Å². The van der Waals surface area contributed by atoms with Crippen LogP contribution < -0.4 is 10.9 Å². The highest BCUT2D eigenvalue weighted by Gasteiger charge is 2.54. The maximum absolute atomic E-state index is 13.1. The van der Waals surface area contributed by atoms with Gasteiger partial charge in [0.25, 0.3) is 0 Å². The number of sulfonamides is 1. The van der Waals surface area contributed by atoms with Crippen molar-refractivity contribution in [3.63, 3.8) is 0 Å². The number of rotatable bonds is 4. The van der Waals surface area contributed by atoms with Crippen LogP contribution in [0.25, 0.3) is 0 Å². The zero-order chi connectivity index (χ0) is 23.4. The van der Waals surface area contributed by atoms with Crippen molar-refractivity contribution < 1.29 is 18.0 Å². The van der Waals surface area contributed by atoms with Gasteiger partial charge in [-0.3, -0.25) is 20.4 Å². The van der Waals surface area contributed by atoms with Crippen LogP contribution in [0, 0.1) is 42.9 Å². The van der Waals surface area contributed by atoms with Crippen LogP contribution in [0.3, 0.4) is 0 Å². The fraction of sp³-hybridized carbons (Fsp3) is 0.680. The van der Waals surface area contributed by atoms with Gasteiger partial charge in [-0.15, -0.1) is 0 Å². The number of hydrogen-bond donors (Lipinski definition) is 2. The molecular weight excluding hydrogens is 438 g/mol. The maximum Gasteiger partial charge on any atom is 0.244 e. The van der Waals surface area contributed by atoms with Gasteiger partial charge in [-0.25, -0.2) is 8.42 Å². The monoisotopic (exact) mass is 473 g/mol. The summed E-state index contributed by atoms with van der Waals surface area (Å²) in [6.45, 7) is 4.47. The normalized spacial score (nSPS) is 32.0. The molecule has 180 valence electrons. The third-order valence-corrected chi connectivity index (χ3v) is 10.7. The van der Waals surface area contributed by atoms with Crippen LogP contribution in [-0.4, -0.2) is 37.6 Å². The molecule has 7 nitrogen and oxygen atoms in total. The Labute approximate surface area is 196 Å². The Hall–Kier alpha value is -1.93. The van der Waals surface area contributed by atoms with Crippen molar-refractivity contribution in [2.45, 2.75) is 70.1 Å². The lowest BCUT2D eigenvalue weighted by Gasteiger charge is -2.55. The van der Waals surface area contributed by atoms with Gasteiger partial charge in [0.15, 0.2) is 0 Å². The van der Waals surface area contributed by atoms with Gasteiger partial charge in [-0.05, 0) is 106 Å². The van der Waals surface area contributed by atoms with Crippen LogP contribution in [-0.2, 0) is 19.6 Å². The second kappa shape index (κ2) is 8.38. The van der Waals surface area contributed by atoms with Gasteiger partial charge in [0.2, 0.25) is 21.8 Å². The first-order chi connectivity index (χ1) is 15.7. The van der Waals surface area contributed by atoms with E-state index in [-0.39, 0.29) is 23.1 Å². The molecule has 1 aromatic carbocycles. The van der Waals surface area contributed by atoms with E-state index in [0.717, 1.165) is 30.4 Å². The summed E-state index contributed by atoms with van der Waals surface area (Å²) in [5.41, 5.74) is 7.11. The number of aryl methyl sites for hydroxylation is 2.